The molecule has 1 aliphatic heterocycles. The molecule has 0 bridgehead atoms. The zero-order chi connectivity index (χ0) is 10.9. The van der Waals surface area contributed by atoms with Gasteiger partial charge in [0.2, 0.25) is 0 Å². The van der Waals surface area contributed by atoms with Crippen molar-refractivity contribution in [3.63, 3.8) is 0 Å². The fourth-order valence-electron chi connectivity index (χ4n) is 2.36. The molecule has 1 atom stereocenters. The Labute approximate surface area is 90.7 Å². The van der Waals surface area contributed by atoms with Gasteiger partial charge in [0.25, 0.3) is 0 Å². The Kier molecular flexibility index (Phi) is 2.79. The maximum absolute atomic E-state index is 13.6. The largest absolute Gasteiger partial charge is 0.305 e. The Hall–Kier alpha value is -0.890. The fraction of sp³-hybridized carbons (Fsp3) is 0.538. The summed E-state index contributed by atoms with van der Waals surface area (Å²) >= 11 is 0. The van der Waals surface area contributed by atoms with E-state index in [9.17, 15) is 4.39 Å². The van der Waals surface area contributed by atoms with Crippen molar-refractivity contribution in [2.24, 2.45) is 0 Å². The van der Waals surface area contributed by atoms with E-state index in [1.807, 2.05) is 12.1 Å². The summed E-state index contributed by atoms with van der Waals surface area (Å²) in [7, 11) is 0. The Morgan fingerprint density at radius 2 is 2.07 bits per heavy atom. The van der Waals surface area contributed by atoms with Crippen molar-refractivity contribution in [1.82, 2.24) is 5.32 Å². The number of rotatable bonds is 1. The molecule has 1 aliphatic rings. The first-order chi connectivity index (χ1) is 7.08. The van der Waals surface area contributed by atoms with Crippen LogP contribution in [0.5, 0.6) is 0 Å². The summed E-state index contributed by atoms with van der Waals surface area (Å²) < 4.78 is 13.6. The Morgan fingerprint density at radius 1 is 1.33 bits per heavy atom. The minimum absolute atomic E-state index is 0.0901. The number of hydrogen-bond acceptors (Lipinski definition) is 1. The smallest absolute Gasteiger partial charge is 0.127 e. The fourth-order valence-corrected chi connectivity index (χ4v) is 2.36. The van der Waals surface area contributed by atoms with Crippen LogP contribution < -0.4 is 5.32 Å². The molecule has 0 radical (unpaired) electrons. The highest BCUT2D eigenvalue weighted by molar-refractivity contribution is 5.22. The van der Waals surface area contributed by atoms with E-state index in [0.29, 0.717) is 0 Å². The molecule has 2 heteroatoms. The summed E-state index contributed by atoms with van der Waals surface area (Å²) in [6.45, 7) is 4.36. The molecule has 82 valence electrons. The molecule has 0 aliphatic carbocycles. The second kappa shape index (κ2) is 3.93. The molecule has 0 aromatic heterocycles. The summed E-state index contributed by atoms with van der Waals surface area (Å²) in [5, 5.41) is 3.51. The molecular formula is C13H18FN. The van der Waals surface area contributed by atoms with Gasteiger partial charge in [-0.3, -0.25) is 0 Å². The van der Waals surface area contributed by atoms with Crippen LogP contribution in [0, 0.1) is 5.82 Å². The van der Waals surface area contributed by atoms with Gasteiger partial charge >= 0.3 is 0 Å². The van der Waals surface area contributed by atoms with Crippen LogP contribution in [0.15, 0.2) is 24.3 Å². The predicted molar refractivity (Wildman–Crippen MR) is 60.2 cm³/mol. The molecular weight excluding hydrogens is 189 g/mol. The highest BCUT2D eigenvalue weighted by Crippen LogP contribution is 2.31. The molecule has 1 heterocycles. The number of halogens is 1. The van der Waals surface area contributed by atoms with Gasteiger partial charge in [0, 0.05) is 17.1 Å². The summed E-state index contributed by atoms with van der Waals surface area (Å²) in [5.41, 5.74) is 0.941. The Bertz CT molecular complexity index is 346. The maximum Gasteiger partial charge on any atom is 0.127 e. The quantitative estimate of drug-likeness (QED) is 0.744. The third-order valence-corrected chi connectivity index (χ3v) is 3.14. The van der Waals surface area contributed by atoms with Gasteiger partial charge in [0.15, 0.2) is 0 Å². The Balaban J connectivity index is 2.21. The minimum Gasteiger partial charge on any atom is -0.305 e. The van der Waals surface area contributed by atoms with Crippen LogP contribution >= 0.6 is 0 Å². The van der Waals surface area contributed by atoms with E-state index in [1.54, 1.807) is 12.1 Å². The molecule has 0 spiro atoms. The molecule has 1 N–H and O–H groups in total. The van der Waals surface area contributed by atoms with Crippen LogP contribution in [0.4, 0.5) is 4.39 Å². The van der Waals surface area contributed by atoms with Crippen LogP contribution in [0.1, 0.15) is 44.7 Å². The lowest BCUT2D eigenvalue weighted by Crippen LogP contribution is -2.45. The molecule has 1 fully saturated rings. The molecule has 2 rings (SSSR count). The number of piperidine rings is 1. The lowest BCUT2D eigenvalue weighted by atomic mass is 9.86. The van der Waals surface area contributed by atoms with Gasteiger partial charge in [-0.25, -0.2) is 4.39 Å². The van der Waals surface area contributed by atoms with Crippen LogP contribution in [-0.4, -0.2) is 5.54 Å². The van der Waals surface area contributed by atoms with Crippen molar-refractivity contribution in [2.45, 2.75) is 44.7 Å². The van der Waals surface area contributed by atoms with Gasteiger partial charge in [0.1, 0.15) is 5.82 Å². The topological polar surface area (TPSA) is 12.0 Å². The van der Waals surface area contributed by atoms with Crippen molar-refractivity contribution in [1.29, 1.82) is 0 Å². The third kappa shape index (κ3) is 2.37. The van der Waals surface area contributed by atoms with Crippen molar-refractivity contribution >= 4 is 0 Å². The summed E-state index contributed by atoms with van der Waals surface area (Å²) in [5.74, 6) is -0.0901. The first kappa shape index (κ1) is 10.6. The van der Waals surface area contributed by atoms with Crippen LogP contribution in [0.2, 0.25) is 0 Å². The molecule has 1 aromatic carbocycles. The van der Waals surface area contributed by atoms with E-state index in [0.717, 1.165) is 18.4 Å². The van der Waals surface area contributed by atoms with Gasteiger partial charge in [-0.2, -0.15) is 0 Å². The van der Waals surface area contributed by atoms with E-state index in [1.165, 1.54) is 6.42 Å². The van der Waals surface area contributed by atoms with Crippen molar-refractivity contribution in [3.8, 4) is 0 Å². The second-order valence-corrected chi connectivity index (χ2v) is 4.99. The summed E-state index contributed by atoms with van der Waals surface area (Å²) in [6.07, 6.45) is 3.36. The van der Waals surface area contributed by atoms with Gasteiger partial charge < -0.3 is 5.32 Å². The first-order valence-corrected chi connectivity index (χ1v) is 5.61. The zero-order valence-corrected chi connectivity index (χ0v) is 9.39. The lowest BCUT2D eigenvalue weighted by molar-refractivity contribution is 0.242. The number of nitrogens with one attached hydrogen (secondary N) is 1. The minimum atomic E-state index is -0.0901. The monoisotopic (exact) mass is 207 g/mol. The first-order valence-electron chi connectivity index (χ1n) is 5.61. The normalized spacial score (nSPS) is 25.1. The molecule has 1 saturated heterocycles. The van der Waals surface area contributed by atoms with Crippen LogP contribution in [0.3, 0.4) is 0 Å². The number of hydrogen-bond donors (Lipinski definition) is 1. The summed E-state index contributed by atoms with van der Waals surface area (Å²) in [4.78, 5) is 0. The zero-order valence-electron chi connectivity index (χ0n) is 9.39. The van der Waals surface area contributed by atoms with Crippen molar-refractivity contribution in [2.75, 3.05) is 0 Å². The SMILES string of the molecule is CC1(C)CCCC(c2ccccc2F)N1. The highest BCUT2D eigenvalue weighted by atomic mass is 19.1. The van der Waals surface area contributed by atoms with E-state index in [-0.39, 0.29) is 17.4 Å². The van der Waals surface area contributed by atoms with Gasteiger partial charge in [-0.05, 0) is 39.2 Å². The molecule has 1 unspecified atom stereocenters. The molecule has 1 nitrogen and oxygen atoms in total. The lowest BCUT2D eigenvalue weighted by Gasteiger charge is -2.37. The van der Waals surface area contributed by atoms with Crippen LogP contribution in [0.25, 0.3) is 0 Å². The Morgan fingerprint density at radius 3 is 2.73 bits per heavy atom. The number of benzene rings is 1. The van der Waals surface area contributed by atoms with Crippen molar-refractivity contribution in [3.05, 3.63) is 35.6 Å². The molecule has 0 saturated carbocycles. The van der Waals surface area contributed by atoms with Gasteiger partial charge in [0.05, 0.1) is 0 Å². The molecule has 0 amide bonds. The van der Waals surface area contributed by atoms with E-state index in [2.05, 4.69) is 19.2 Å². The summed E-state index contributed by atoms with van der Waals surface area (Å²) in [6, 6.07) is 7.25. The molecule has 15 heavy (non-hydrogen) atoms. The van der Waals surface area contributed by atoms with E-state index in [4.69, 9.17) is 0 Å². The second-order valence-electron chi connectivity index (χ2n) is 4.99. The van der Waals surface area contributed by atoms with Gasteiger partial charge in [-0.15, -0.1) is 0 Å². The third-order valence-electron chi connectivity index (χ3n) is 3.14. The molecule has 1 aromatic rings. The van der Waals surface area contributed by atoms with E-state index < -0.39 is 0 Å². The van der Waals surface area contributed by atoms with Crippen LogP contribution in [-0.2, 0) is 0 Å². The standard InChI is InChI=1S/C13H18FN/c1-13(2)9-5-8-12(15-13)10-6-3-4-7-11(10)14/h3-4,6-7,12,15H,5,8-9H2,1-2H3. The maximum atomic E-state index is 13.6. The average Bonchev–Trinajstić information content (AvgIpc) is 2.17. The predicted octanol–water partition coefficient (Wildman–Crippen LogP) is 3.42. The van der Waals surface area contributed by atoms with E-state index >= 15 is 0 Å². The highest BCUT2D eigenvalue weighted by Gasteiger charge is 2.28. The van der Waals surface area contributed by atoms with Gasteiger partial charge in [-0.1, -0.05) is 18.2 Å². The average molecular weight is 207 g/mol. The van der Waals surface area contributed by atoms with Crippen molar-refractivity contribution < 1.29 is 4.39 Å².